The minimum absolute atomic E-state index is 0.168. The summed E-state index contributed by atoms with van der Waals surface area (Å²) in [6, 6.07) is 4.74. The standard InChI is InChI=1S/C18H16BrFN4OS/c1-12-11-26-17(22-12)10-23(2)18(25)6-4-13-3-5-16(15(20)7-13)24-9-14(19)8-21-24/h3-9,11H,10H2,1-2H3/b6-4+. The minimum Gasteiger partial charge on any atom is -0.335 e. The molecule has 0 fully saturated rings. The summed E-state index contributed by atoms with van der Waals surface area (Å²) in [6.45, 7) is 2.37. The molecule has 0 spiro atoms. The predicted octanol–water partition coefficient (Wildman–Crippen LogP) is 4.21. The van der Waals surface area contributed by atoms with Crippen molar-refractivity contribution >= 4 is 39.2 Å². The van der Waals surface area contributed by atoms with Crippen molar-refractivity contribution in [2.24, 2.45) is 0 Å². The predicted molar refractivity (Wildman–Crippen MR) is 104 cm³/mol. The number of likely N-dealkylation sites (N-methyl/N-ethyl adjacent to an activating group) is 1. The molecule has 2 aromatic heterocycles. The molecule has 0 bridgehead atoms. The number of amides is 1. The first-order chi connectivity index (χ1) is 12.4. The van der Waals surface area contributed by atoms with Gasteiger partial charge in [0.25, 0.3) is 0 Å². The van der Waals surface area contributed by atoms with Crippen LogP contribution in [-0.4, -0.2) is 32.6 Å². The van der Waals surface area contributed by atoms with Gasteiger partial charge < -0.3 is 4.90 Å². The minimum atomic E-state index is -0.415. The summed E-state index contributed by atoms with van der Waals surface area (Å²) in [5.41, 5.74) is 1.89. The first-order valence-corrected chi connectivity index (χ1v) is 9.44. The van der Waals surface area contributed by atoms with Gasteiger partial charge in [-0.2, -0.15) is 5.10 Å². The number of aromatic nitrogens is 3. The van der Waals surface area contributed by atoms with Crippen molar-refractivity contribution in [1.29, 1.82) is 0 Å². The van der Waals surface area contributed by atoms with Gasteiger partial charge in [-0.15, -0.1) is 11.3 Å². The number of halogens is 2. The van der Waals surface area contributed by atoms with Crippen molar-refractivity contribution in [2.45, 2.75) is 13.5 Å². The van der Waals surface area contributed by atoms with Gasteiger partial charge in [0.15, 0.2) is 0 Å². The molecule has 8 heteroatoms. The second kappa shape index (κ2) is 7.92. The van der Waals surface area contributed by atoms with E-state index in [0.29, 0.717) is 17.8 Å². The molecule has 0 N–H and O–H groups in total. The van der Waals surface area contributed by atoms with E-state index in [-0.39, 0.29) is 5.91 Å². The quantitative estimate of drug-likeness (QED) is 0.565. The van der Waals surface area contributed by atoms with Crippen LogP contribution in [0.15, 0.2) is 46.5 Å². The summed E-state index contributed by atoms with van der Waals surface area (Å²) < 4.78 is 16.5. The summed E-state index contributed by atoms with van der Waals surface area (Å²) in [5, 5.41) is 6.89. The number of hydrogen-bond donors (Lipinski definition) is 0. The fraction of sp³-hybridized carbons (Fsp3) is 0.167. The molecule has 0 unspecified atom stereocenters. The van der Waals surface area contributed by atoms with Gasteiger partial charge in [-0.25, -0.2) is 14.1 Å². The summed E-state index contributed by atoms with van der Waals surface area (Å²) in [7, 11) is 1.71. The van der Waals surface area contributed by atoms with Crippen LogP contribution in [0.4, 0.5) is 4.39 Å². The van der Waals surface area contributed by atoms with Crippen LogP contribution >= 0.6 is 27.3 Å². The van der Waals surface area contributed by atoms with E-state index in [9.17, 15) is 9.18 Å². The van der Waals surface area contributed by atoms with Crippen LogP contribution in [0.2, 0.25) is 0 Å². The van der Waals surface area contributed by atoms with Crippen molar-refractivity contribution in [3.63, 3.8) is 0 Å². The molecule has 0 aliphatic carbocycles. The lowest BCUT2D eigenvalue weighted by atomic mass is 10.2. The number of benzene rings is 1. The second-order valence-corrected chi connectivity index (χ2v) is 7.58. The lowest BCUT2D eigenvalue weighted by molar-refractivity contribution is -0.125. The van der Waals surface area contributed by atoms with Crippen LogP contribution in [0.3, 0.4) is 0 Å². The summed E-state index contributed by atoms with van der Waals surface area (Å²) >= 11 is 4.81. The van der Waals surface area contributed by atoms with Gasteiger partial charge in [-0.1, -0.05) is 6.07 Å². The fourth-order valence-electron chi connectivity index (χ4n) is 2.30. The number of rotatable bonds is 5. The van der Waals surface area contributed by atoms with Gasteiger partial charge in [0, 0.05) is 30.4 Å². The zero-order valence-electron chi connectivity index (χ0n) is 14.2. The molecule has 26 heavy (non-hydrogen) atoms. The number of nitrogens with zero attached hydrogens (tertiary/aromatic N) is 4. The highest BCUT2D eigenvalue weighted by molar-refractivity contribution is 9.10. The molecule has 134 valence electrons. The van der Waals surface area contributed by atoms with E-state index in [1.165, 1.54) is 28.2 Å². The maximum absolute atomic E-state index is 14.3. The van der Waals surface area contributed by atoms with Gasteiger partial charge in [-0.05, 0) is 46.6 Å². The molecule has 0 aliphatic rings. The normalized spacial score (nSPS) is 11.2. The van der Waals surface area contributed by atoms with Crippen molar-refractivity contribution in [3.05, 3.63) is 68.6 Å². The molecular weight excluding hydrogens is 419 g/mol. The average molecular weight is 435 g/mol. The number of aryl methyl sites for hydroxylation is 1. The Bertz CT molecular complexity index is 966. The molecule has 0 saturated carbocycles. The van der Waals surface area contributed by atoms with Crippen LogP contribution in [0.25, 0.3) is 11.8 Å². The van der Waals surface area contributed by atoms with Crippen molar-refractivity contribution < 1.29 is 9.18 Å². The third-order valence-electron chi connectivity index (χ3n) is 3.60. The third kappa shape index (κ3) is 4.44. The average Bonchev–Trinajstić information content (AvgIpc) is 3.21. The SMILES string of the molecule is Cc1csc(CN(C)C(=O)/C=C/c2ccc(-n3cc(Br)cn3)c(F)c2)n1. The first-order valence-electron chi connectivity index (χ1n) is 7.76. The highest BCUT2D eigenvalue weighted by atomic mass is 79.9. The third-order valence-corrected chi connectivity index (χ3v) is 4.96. The Kier molecular flexibility index (Phi) is 5.63. The van der Waals surface area contributed by atoms with E-state index < -0.39 is 5.82 Å². The zero-order valence-corrected chi connectivity index (χ0v) is 16.6. The van der Waals surface area contributed by atoms with Gasteiger partial charge in [-0.3, -0.25) is 4.79 Å². The van der Waals surface area contributed by atoms with Crippen LogP contribution in [0.5, 0.6) is 0 Å². The maximum Gasteiger partial charge on any atom is 0.246 e. The number of thiazole rings is 1. The molecular formula is C18H16BrFN4OS. The van der Waals surface area contributed by atoms with Crippen LogP contribution in [0.1, 0.15) is 16.3 Å². The number of carbonyl (C=O) groups excluding carboxylic acids is 1. The van der Waals surface area contributed by atoms with Crippen molar-refractivity contribution in [2.75, 3.05) is 7.05 Å². The van der Waals surface area contributed by atoms with Gasteiger partial charge in [0.05, 0.1) is 17.2 Å². The van der Waals surface area contributed by atoms with E-state index in [0.717, 1.165) is 15.2 Å². The number of carbonyl (C=O) groups is 1. The Hall–Kier alpha value is -2.32. The molecule has 5 nitrogen and oxygen atoms in total. The Morgan fingerprint density at radius 2 is 2.27 bits per heavy atom. The Balaban J connectivity index is 1.67. The van der Waals surface area contributed by atoms with Crippen molar-refractivity contribution in [1.82, 2.24) is 19.7 Å². The lowest BCUT2D eigenvalue weighted by Crippen LogP contribution is -2.24. The molecule has 0 aliphatic heterocycles. The first kappa shape index (κ1) is 18.5. The largest absolute Gasteiger partial charge is 0.335 e. The zero-order chi connectivity index (χ0) is 18.7. The van der Waals surface area contributed by atoms with Crippen molar-refractivity contribution in [3.8, 4) is 5.69 Å². The van der Waals surface area contributed by atoms with Crippen LogP contribution in [0, 0.1) is 12.7 Å². The highest BCUT2D eigenvalue weighted by Gasteiger charge is 2.09. The Labute approximate surface area is 162 Å². The van der Waals surface area contributed by atoms with Gasteiger partial charge >= 0.3 is 0 Å². The molecule has 0 atom stereocenters. The second-order valence-electron chi connectivity index (χ2n) is 5.72. The molecule has 3 rings (SSSR count). The molecule has 0 saturated heterocycles. The highest BCUT2D eigenvalue weighted by Crippen LogP contribution is 2.18. The molecule has 3 aromatic rings. The molecule has 0 radical (unpaired) electrons. The number of hydrogen-bond acceptors (Lipinski definition) is 4. The Morgan fingerprint density at radius 3 is 2.88 bits per heavy atom. The fourth-order valence-corrected chi connectivity index (χ4v) is 3.41. The molecule has 2 heterocycles. The van der Waals surface area contributed by atoms with E-state index in [1.807, 2.05) is 12.3 Å². The maximum atomic E-state index is 14.3. The van der Waals surface area contributed by atoms with Crippen LogP contribution < -0.4 is 0 Å². The summed E-state index contributed by atoms with van der Waals surface area (Å²) in [5.74, 6) is -0.583. The lowest BCUT2D eigenvalue weighted by Gasteiger charge is -2.12. The van der Waals surface area contributed by atoms with Crippen LogP contribution in [-0.2, 0) is 11.3 Å². The van der Waals surface area contributed by atoms with E-state index in [2.05, 4.69) is 26.0 Å². The molecule has 1 amide bonds. The molecule has 1 aromatic carbocycles. The van der Waals surface area contributed by atoms with E-state index in [4.69, 9.17) is 0 Å². The van der Waals surface area contributed by atoms with Gasteiger partial charge in [0.2, 0.25) is 5.91 Å². The van der Waals surface area contributed by atoms with E-state index >= 15 is 0 Å². The topological polar surface area (TPSA) is 51.0 Å². The smallest absolute Gasteiger partial charge is 0.246 e. The van der Waals surface area contributed by atoms with Gasteiger partial charge in [0.1, 0.15) is 16.5 Å². The summed E-state index contributed by atoms with van der Waals surface area (Å²) in [4.78, 5) is 18.1. The van der Waals surface area contributed by atoms with E-state index in [1.54, 1.807) is 42.6 Å². The monoisotopic (exact) mass is 434 g/mol. The Morgan fingerprint density at radius 1 is 1.46 bits per heavy atom. The summed E-state index contributed by atoms with van der Waals surface area (Å²) in [6.07, 6.45) is 6.29.